The van der Waals surface area contributed by atoms with Gasteiger partial charge in [0.05, 0.1) is 16.8 Å². The molecule has 0 fully saturated rings. The van der Waals surface area contributed by atoms with Gasteiger partial charge in [0.1, 0.15) is 18.4 Å². The van der Waals surface area contributed by atoms with Crippen LogP contribution in [0.25, 0.3) is 16.9 Å². The monoisotopic (exact) mass is 461 g/mol. The second-order valence-corrected chi connectivity index (χ2v) is 8.33. The number of alkyl halides is 3. The predicted octanol–water partition coefficient (Wildman–Crippen LogP) is 4.74. The third kappa shape index (κ3) is 5.52. The van der Waals surface area contributed by atoms with E-state index in [0.717, 1.165) is 10.6 Å². The van der Waals surface area contributed by atoms with Gasteiger partial charge in [0.15, 0.2) is 11.3 Å². The van der Waals surface area contributed by atoms with Crippen molar-refractivity contribution < 1.29 is 27.8 Å². The van der Waals surface area contributed by atoms with Crippen molar-refractivity contribution in [3.63, 3.8) is 0 Å². The first kappa shape index (κ1) is 23.8. The molecule has 0 aliphatic heterocycles. The lowest BCUT2D eigenvalue weighted by Crippen LogP contribution is -2.50. The number of nitriles is 1. The van der Waals surface area contributed by atoms with Gasteiger partial charge in [-0.1, -0.05) is 13.8 Å². The molecule has 11 heteroatoms. The fourth-order valence-corrected chi connectivity index (χ4v) is 3.70. The highest BCUT2D eigenvalue weighted by molar-refractivity contribution is 5.67. The summed E-state index contributed by atoms with van der Waals surface area (Å²) in [5, 5.41) is 24.8. The molecule has 0 aliphatic carbocycles. The molecule has 1 amide bonds. The molecular weight excluding hydrogens is 439 g/mol. The number of nitrogens with zero attached hydrogens (tertiary/aromatic N) is 4. The first-order chi connectivity index (χ1) is 15.4. The molecule has 8 nitrogen and oxygen atoms in total. The maximum atomic E-state index is 13.1. The van der Waals surface area contributed by atoms with Crippen molar-refractivity contribution in [2.45, 2.75) is 38.9 Å². The summed E-state index contributed by atoms with van der Waals surface area (Å²) in [5.74, 6) is 0.415. The number of ether oxygens (including phenoxy) is 1. The maximum Gasteiger partial charge on any atom is 0.435 e. The molecule has 0 radical (unpaired) electrons. The Morgan fingerprint density at radius 2 is 2.03 bits per heavy atom. The number of halogens is 3. The summed E-state index contributed by atoms with van der Waals surface area (Å²) in [6.45, 7) is 5.60. The van der Waals surface area contributed by atoms with Crippen molar-refractivity contribution in [2.75, 3.05) is 6.61 Å². The molecule has 0 saturated carbocycles. The van der Waals surface area contributed by atoms with Crippen molar-refractivity contribution in [3.05, 3.63) is 47.8 Å². The summed E-state index contributed by atoms with van der Waals surface area (Å²) in [4.78, 5) is 15.1. The molecule has 0 spiro atoms. The molecule has 2 N–H and O–H groups in total. The van der Waals surface area contributed by atoms with Gasteiger partial charge < -0.3 is 15.2 Å². The molecule has 0 bridgehead atoms. The summed E-state index contributed by atoms with van der Waals surface area (Å²) in [6, 6.07) is 8.93. The Hall–Kier alpha value is -3.81. The summed E-state index contributed by atoms with van der Waals surface area (Å²) in [5.41, 5.74) is -1.04. The topological polar surface area (TPSA) is 113 Å². The van der Waals surface area contributed by atoms with Crippen LogP contribution in [0.5, 0.6) is 5.75 Å². The second-order valence-electron chi connectivity index (χ2n) is 8.33. The Morgan fingerprint density at radius 1 is 1.30 bits per heavy atom. The van der Waals surface area contributed by atoms with Crippen molar-refractivity contribution in [1.29, 1.82) is 5.26 Å². The summed E-state index contributed by atoms with van der Waals surface area (Å²) >= 11 is 0. The molecular formula is C22H22F3N5O3. The Bertz CT molecular complexity index is 1220. The molecule has 1 atom stereocenters. The van der Waals surface area contributed by atoms with Crippen LogP contribution in [-0.4, -0.2) is 37.9 Å². The van der Waals surface area contributed by atoms with E-state index < -0.39 is 23.5 Å². The standard InChI is InChI=1S/C22H22F3N5O3/c1-13(2)10-21(3,28-20(31)32)12-33-17-5-4-14(8-15(17)11-26)16-6-7-27-19-9-18(22(23,24)25)29-30(16)19/h4-9,13,28H,10,12H2,1-3H3,(H,31,32). The van der Waals surface area contributed by atoms with Crippen LogP contribution < -0.4 is 10.1 Å². The van der Waals surface area contributed by atoms with Crippen molar-refractivity contribution >= 4 is 11.7 Å². The zero-order chi connectivity index (χ0) is 24.4. The summed E-state index contributed by atoms with van der Waals surface area (Å²) in [6.07, 6.45) is -3.93. The first-order valence-electron chi connectivity index (χ1n) is 10.0. The molecule has 2 aromatic heterocycles. The van der Waals surface area contributed by atoms with Gasteiger partial charge in [-0.3, -0.25) is 0 Å². The van der Waals surface area contributed by atoms with Crippen molar-refractivity contribution in [2.24, 2.45) is 5.92 Å². The molecule has 3 aromatic rings. The molecule has 1 unspecified atom stereocenters. The Kier molecular flexibility index (Phi) is 6.48. The van der Waals surface area contributed by atoms with Gasteiger partial charge in [-0.2, -0.15) is 23.5 Å². The van der Waals surface area contributed by atoms with Gasteiger partial charge in [-0.25, -0.2) is 14.3 Å². The van der Waals surface area contributed by atoms with E-state index in [1.54, 1.807) is 13.0 Å². The van der Waals surface area contributed by atoms with E-state index in [9.17, 15) is 23.2 Å². The predicted molar refractivity (Wildman–Crippen MR) is 113 cm³/mol. The number of carboxylic acid groups (broad SMARTS) is 1. The minimum absolute atomic E-state index is 0.0148. The van der Waals surface area contributed by atoms with Crippen LogP contribution in [0.3, 0.4) is 0 Å². The highest BCUT2D eigenvalue weighted by Crippen LogP contribution is 2.31. The Morgan fingerprint density at radius 3 is 2.64 bits per heavy atom. The molecule has 174 valence electrons. The molecule has 3 rings (SSSR count). The number of carbonyl (C=O) groups is 1. The number of fused-ring (bicyclic) bond motifs is 1. The number of rotatable bonds is 7. The van der Waals surface area contributed by atoms with E-state index >= 15 is 0 Å². The van der Waals surface area contributed by atoms with E-state index in [1.807, 2.05) is 19.9 Å². The molecule has 0 aliphatic rings. The lowest BCUT2D eigenvalue weighted by molar-refractivity contribution is -0.141. The second kappa shape index (κ2) is 8.97. The smallest absolute Gasteiger partial charge is 0.435 e. The van der Waals surface area contributed by atoms with E-state index in [2.05, 4.69) is 15.4 Å². The molecule has 0 saturated heterocycles. The molecule has 33 heavy (non-hydrogen) atoms. The minimum Gasteiger partial charge on any atom is -0.490 e. The highest BCUT2D eigenvalue weighted by Gasteiger charge is 2.34. The highest BCUT2D eigenvalue weighted by atomic mass is 19.4. The lowest BCUT2D eigenvalue weighted by atomic mass is 9.91. The minimum atomic E-state index is -4.62. The average Bonchev–Trinajstić information content (AvgIpc) is 3.16. The normalized spacial score (nSPS) is 13.5. The van der Waals surface area contributed by atoms with E-state index in [-0.39, 0.29) is 29.5 Å². The Balaban J connectivity index is 1.93. The van der Waals surface area contributed by atoms with Gasteiger partial charge in [-0.05, 0) is 43.5 Å². The van der Waals surface area contributed by atoms with Crippen LogP contribution in [0.1, 0.15) is 38.4 Å². The fourth-order valence-electron chi connectivity index (χ4n) is 3.70. The van der Waals surface area contributed by atoms with E-state index in [0.29, 0.717) is 17.7 Å². The zero-order valence-electron chi connectivity index (χ0n) is 18.1. The van der Waals surface area contributed by atoms with Gasteiger partial charge in [0, 0.05) is 17.8 Å². The maximum absolute atomic E-state index is 13.1. The van der Waals surface area contributed by atoms with Crippen LogP contribution >= 0.6 is 0 Å². The van der Waals surface area contributed by atoms with Crippen LogP contribution in [0.2, 0.25) is 0 Å². The number of benzene rings is 1. The molecule has 1 aromatic carbocycles. The van der Waals surface area contributed by atoms with Crippen LogP contribution in [0.15, 0.2) is 36.5 Å². The van der Waals surface area contributed by atoms with E-state index in [1.165, 1.54) is 24.4 Å². The van der Waals surface area contributed by atoms with Crippen molar-refractivity contribution in [1.82, 2.24) is 19.9 Å². The van der Waals surface area contributed by atoms with Gasteiger partial charge in [-0.15, -0.1) is 0 Å². The zero-order valence-corrected chi connectivity index (χ0v) is 18.1. The lowest BCUT2D eigenvalue weighted by Gasteiger charge is -2.31. The molecule has 2 heterocycles. The van der Waals surface area contributed by atoms with E-state index in [4.69, 9.17) is 9.84 Å². The van der Waals surface area contributed by atoms with Crippen molar-refractivity contribution in [3.8, 4) is 23.1 Å². The third-order valence-electron chi connectivity index (χ3n) is 4.86. The average molecular weight is 461 g/mol. The summed E-state index contributed by atoms with van der Waals surface area (Å²) < 4.78 is 46.1. The number of nitrogens with one attached hydrogen (secondary N) is 1. The number of aromatic nitrogens is 3. The van der Waals surface area contributed by atoms with Crippen LogP contribution in [0, 0.1) is 17.2 Å². The summed E-state index contributed by atoms with van der Waals surface area (Å²) in [7, 11) is 0. The first-order valence-corrected chi connectivity index (χ1v) is 10.0. The van der Waals surface area contributed by atoms with Gasteiger partial charge >= 0.3 is 12.3 Å². The quantitative estimate of drug-likeness (QED) is 0.526. The van der Waals surface area contributed by atoms with Gasteiger partial charge in [0.25, 0.3) is 0 Å². The largest absolute Gasteiger partial charge is 0.490 e. The number of amides is 1. The Labute approximate surface area is 187 Å². The van der Waals surface area contributed by atoms with Crippen LogP contribution in [0.4, 0.5) is 18.0 Å². The third-order valence-corrected chi connectivity index (χ3v) is 4.86. The van der Waals surface area contributed by atoms with Gasteiger partial charge in [0.2, 0.25) is 0 Å². The number of hydrogen-bond acceptors (Lipinski definition) is 5. The SMILES string of the molecule is CC(C)CC(C)(COc1ccc(-c2ccnc3cc(C(F)(F)F)nn23)cc1C#N)NC(=O)O. The number of hydrogen-bond donors (Lipinski definition) is 2. The van der Waals surface area contributed by atoms with Crippen LogP contribution in [-0.2, 0) is 6.18 Å². The fraction of sp³-hybridized carbons (Fsp3) is 0.364.